The maximum atomic E-state index is 13.2. The van der Waals surface area contributed by atoms with E-state index in [2.05, 4.69) is 36.5 Å². The maximum Gasteiger partial charge on any atom is 0.260 e. The van der Waals surface area contributed by atoms with Gasteiger partial charge in [-0.25, -0.2) is 4.98 Å². The second-order valence-electron chi connectivity index (χ2n) is 7.92. The Labute approximate surface area is 201 Å². The molecule has 8 nitrogen and oxygen atoms in total. The lowest BCUT2D eigenvalue weighted by atomic mass is 10.1. The predicted molar refractivity (Wildman–Crippen MR) is 135 cm³/mol. The topological polar surface area (TPSA) is 92.3 Å². The van der Waals surface area contributed by atoms with Gasteiger partial charge in [0.2, 0.25) is 0 Å². The van der Waals surface area contributed by atoms with Crippen molar-refractivity contribution in [2.45, 2.75) is 6.92 Å². The van der Waals surface area contributed by atoms with E-state index in [9.17, 15) is 4.79 Å². The third-order valence-electron chi connectivity index (χ3n) is 5.63. The van der Waals surface area contributed by atoms with Crippen molar-refractivity contribution in [3.8, 4) is 0 Å². The van der Waals surface area contributed by atoms with E-state index >= 15 is 0 Å². The number of anilines is 3. The lowest BCUT2D eigenvalue weighted by Crippen LogP contribution is -2.34. The van der Waals surface area contributed by atoms with Crippen LogP contribution in [-0.4, -0.2) is 51.5 Å². The van der Waals surface area contributed by atoms with Crippen LogP contribution < -0.4 is 10.6 Å². The molecule has 0 bridgehead atoms. The molecule has 2 aromatic heterocycles. The van der Waals surface area contributed by atoms with Gasteiger partial charge in [-0.15, -0.1) is 0 Å². The van der Waals surface area contributed by atoms with Crippen LogP contribution in [0.1, 0.15) is 21.6 Å². The first kappa shape index (κ1) is 22.0. The molecular formula is C25H24N6O2S. The van der Waals surface area contributed by atoms with Crippen molar-refractivity contribution >= 4 is 50.7 Å². The average molecular weight is 473 g/mol. The fourth-order valence-corrected chi connectivity index (χ4v) is 4.64. The first-order valence-corrected chi connectivity index (χ1v) is 11.7. The number of fused-ring (bicyclic) bond motifs is 1. The molecule has 0 aliphatic carbocycles. The fourth-order valence-electron chi connectivity index (χ4n) is 3.84. The summed E-state index contributed by atoms with van der Waals surface area (Å²) in [5.41, 5.74) is 5.29. The van der Waals surface area contributed by atoms with Gasteiger partial charge in [0, 0.05) is 24.5 Å². The molecule has 0 spiro atoms. The lowest BCUT2D eigenvalue weighted by molar-refractivity contribution is 0.0641. The Kier molecular flexibility index (Phi) is 6.20. The molecule has 0 atom stereocenters. The van der Waals surface area contributed by atoms with E-state index in [0.29, 0.717) is 41.0 Å². The molecule has 0 radical (unpaired) electrons. The summed E-state index contributed by atoms with van der Waals surface area (Å²) in [4.78, 5) is 24.5. The van der Waals surface area contributed by atoms with Crippen molar-refractivity contribution in [2.24, 2.45) is 0 Å². The summed E-state index contributed by atoms with van der Waals surface area (Å²) in [5.74, 6) is 0.317. The minimum atomic E-state index is -0.239. The first-order valence-electron chi connectivity index (χ1n) is 11.0. The van der Waals surface area contributed by atoms with Crippen molar-refractivity contribution in [1.29, 1.82) is 0 Å². The largest absolute Gasteiger partial charge is 0.378 e. The van der Waals surface area contributed by atoms with Gasteiger partial charge in [-0.1, -0.05) is 30.8 Å². The number of morpholine rings is 1. The lowest BCUT2D eigenvalue weighted by Gasteiger charge is -2.30. The average Bonchev–Trinajstić information content (AvgIpc) is 3.24. The Hall–Kier alpha value is -3.82. The molecule has 3 heterocycles. The van der Waals surface area contributed by atoms with Gasteiger partial charge in [0.05, 0.1) is 41.7 Å². The van der Waals surface area contributed by atoms with Gasteiger partial charge in [0.25, 0.3) is 5.91 Å². The Balaban J connectivity index is 1.34. The number of aryl methyl sites for hydroxylation is 1. The number of hydrogen-bond donors (Lipinski definition) is 2. The Morgan fingerprint density at radius 2 is 1.91 bits per heavy atom. The van der Waals surface area contributed by atoms with E-state index in [1.165, 1.54) is 11.5 Å². The molecule has 1 saturated heterocycles. The van der Waals surface area contributed by atoms with Gasteiger partial charge in [0.1, 0.15) is 10.8 Å². The zero-order chi connectivity index (χ0) is 23.5. The van der Waals surface area contributed by atoms with Crippen LogP contribution in [-0.2, 0) is 4.74 Å². The number of benzene rings is 2. The minimum Gasteiger partial charge on any atom is -0.378 e. The molecule has 0 unspecified atom stereocenters. The molecular weight excluding hydrogens is 448 g/mol. The highest BCUT2D eigenvalue weighted by Crippen LogP contribution is 2.29. The third-order valence-corrected chi connectivity index (χ3v) is 6.48. The fraction of sp³-hybridized carbons (Fsp3) is 0.200. The van der Waals surface area contributed by atoms with Crippen LogP contribution in [0.2, 0.25) is 0 Å². The molecule has 172 valence electrons. The zero-order valence-electron chi connectivity index (χ0n) is 18.7. The van der Waals surface area contributed by atoms with Crippen molar-refractivity contribution in [2.75, 3.05) is 36.9 Å². The molecule has 1 amide bonds. The Bertz CT molecular complexity index is 1360. The SMILES string of the molecule is C=C(c1cccc(NC(=O)c2c(C)nsc2Nc2cnc3ccccc3n2)c1)N1CCOCC1. The summed E-state index contributed by atoms with van der Waals surface area (Å²) in [7, 11) is 0. The maximum absolute atomic E-state index is 13.2. The third kappa shape index (κ3) is 4.61. The van der Waals surface area contributed by atoms with Crippen LogP contribution in [0.4, 0.5) is 16.5 Å². The number of nitrogens with zero attached hydrogens (tertiary/aromatic N) is 4. The number of nitrogens with one attached hydrogen (secondary N) is 2. The summed E-state index contributed by atoms with van der Waals surface area (Å²) in [5, 5.41) is 6.84. The molecule has 1 fully saturated rings. The molecule has 1 aliphatic heterocycles. The standard InChI is InChI=1S/C25H24N6O2S/c1-16-23(25(34-30-16)29-22-15-26-20-8-3-4-9-21(20)28-22)24(32)27-19-7-5-6-18(14-19)17(2)31-10-12-33-13-11-31/h3-9,14-15H,2,10-13H2,1H3,(H,27,32)(H,28,29). The smallest absolute Gasteiger partial charge is 0.260 e. The van der Waals surface area contributed by atoms with E-state index in [0.717, 1.165) is 35.4 Å². The molecule has 2 N–H and O–H groups in total. The van der Waals surface area contributed by atoms with Crippen molar-refractivity contribution < 1.29 is 9.53 Å². The van der Waals surface area contributed by atoms with Gasteiger partial charge in [0.15, 0.2) is 0 Å². The monoisotopic (exact) mass is 472 g/mol. The molecule has 0 saturated carbocycles. The number of hydrogen-bond acceptors (Lipinski definition) is 8. The van der Waals surface area contributed by atoms with Crippen LogP contribution in [0.15, 0.2) is 61.3 Å². The van der Waals surface area contributed by atoms with Gasteiger partial charge in [-0.3, -0.25) is 9.78 Å². The predicted octanol–water partition coefficient (Wildman–Crippen LogP) is 4.69. The summed E-state index contributed by atoms with van der Waals surface area (Å²) < 4.78 is 9.81. The number of carbonyl (C=O) groups is 1. The van der Waals surface area contributed by atoms with Crippen molar-refractivity contribution in [3.05, 3.63) is 78.1 Å². The second kappa shape index (κ2) is 9.58. The quantitative estimate of drug-likeness (QED) is 0.420. The molecule has 2 aromatic carbocycles. The van der Waals surface area contributed by atoms with E-state index in [1.54, 1.807) is 6.20 Å². The Morgan fingerprint density at radius 1 is 1.12 bits per heavy atom. The van der Waals surface area contributed by atoms with Gasteiger partial charge in [-0.2, -0.15) is 4.37 Å². The highest BCUT2D eigenvalue weighted by atomic mass is 32.1. The number of para-hydroxylation sites is 2. The van der Waals surface area contributed by atoms with Crippen LogP contribution in [0.5, 0.6) is 0 Å². The summed E-state index contributed by atoms with van der Waals surface area (Å²) in [6.07, 6.45) is 1.65. The number of amides is 1. The highest BCUT2D eigenvalue weighted by Gasteiger charge is 2.20. The number of carbonyl (C=O) groups excluding carboxylic acids is 1. The molecule has 5 rings (SSSR count). The van der Waals surface area contributed by atoms with E-state index in [-0.39, 0.29) is 5.91 Å². The molecule has 34 heavy (non-hydrogen) atoms. The molecule has 9 heteroatoms. The number of rotatable bonds is 6. The van der Waals surface area contributed by atoms with Crippen LogP contribution in [0.25, 0.3) is 16.7 Å². The normalized spacial score (nSPS) is 13.6. The van der Waals surface area contributed by atoms with E-state index in [1.807, 2.05) is 55.5 Å². The zero-order valence-corrected chi connectivity index (χ0v) is 19.6. The van der Waals surface area contributed by atoms with Crippen molar-refractivity contribution in [3.63, 3.8) is 0 Å². The summed E-state index contributed by atoms with van der Waals surface area (Å²) >= 11 is 1.22. The second-order valence-corrected chi connectivity index (χ2v) is 8.70. The Morgan fingerprint density at radius 3 is 2.74 bits per heavy atom. The number of ether oxygens (including phenoxy) is 1. The van der Waals surface area contributed by atoms with E-state index in [4.69, 9.17) is 4.74 Å². The number of aromatic nitrogens is 3. The van der Waals surface area contributed by atoms with E-state index < -0.39 is 0 Å². The summed E-state index contributed by atoms with van der Waals surface area (Å²) in [6, 6.07) is 15.4. The highest BCUT2D eigenvalue weighted by molar-refractivity contribution is 7.10. The summed E-state index contributed by atoms with van der Waals surface area (Å²) in [6.45, 7) is 9.06. The molecule has 4 aromatic rings. The minimum absolute atomic E-state index is 0.239. The molecule has 1 aliphatic rings. The van der Waals surface area contributed by atoms with Crippen LogP contribution in [0, 0.1) is 6.92 Å². The van der Waals surface area contributed by atoms with Gasteiger partial charge >= 0.3 is 0 Å². The van der Waals surface area contributed by atoms with Crippen molar-refractivity contribution in [1.82, 2.24) is 19.2 Å². The van der Waals surface area contributed by atoms with Gasteiger partial charge < -0.3 is 20.3 Å². The van der Waals surface area contributed by atoms with Crippen LogP contribution >= 0.6 is 11.5 Å². The first-order chi connectivity index (χ1) is 16.6. The van der Waals surface area contributed by atoms with Gasteiger partial charge in [-0.05, 0) is 48.3 Å². The van der Waals surface area contributed by atoms with Crippen LogP contribution in [0.3, 0.4) is 0 Å².